The van der Waals surface area contributed by atoms with E-state index in [-0.39, 0.29) is 18.1 Å². The maximum absolute atomic E-state index is 12.0. The standard InChI is InChI=1S/C14H10Br2ClNO2/c15-9-6-10(16)13(19)7-12(9)18-14(20)5-8-3-1-2-4-11(8)17/h1-4,6-7,19H,5H2,(H,18,20). The summed E-state index contributed by atoms with van der Waals surface area (Å²) in [5.41, 5.74) is 1.26. The monoisotopic (exact) mass is 417 g/mol. The third-order valence-electron chi connectivity index (χ3n) is 2.62. The van der Waals surface area contributed by atoms with Crippen LogP contribution in [0.2, 0.25) is 5.02 Å². The number of anilines is 1. The molecule has 0 bridgehead atoms. The molecule has 0 aliphatic carbocycles. The van der Waals surface area contributed by atoms with E-state index in [0.717, 1.165) is 5.56 Å². The van der Waals surface area contributed by atoms with Gasteiger partial charge in [0.25, 0.3) is 0 Å². The second-order valence-corrected chi connectivity index (χ2v) is 6.22. The predicted molar refractivity (Wildman–Crippen MR) is 87.3 cm³/mol. The predicted octanol–water partition coefficient (Wildman–Crippen LogP) is 4.75. The second-order valence-electron chi connectivity index (χ2n) is 4.10. The van der Waals surface area contributed by atoms with Gasteiger partial charge in [-0.05, 0) is 49.6 Å². The topological polar surface area (TPSA) is 49.3 Å². The van der Waals surface area contributed by atoms with E-state index in [2.05, 4.69) is 37.2 Å². The Bertz CT molecular complexity index is 662. The van der Waals surface area contributed by atoms with Gasteiger partial charge in [-0.1, -0.05) is 29.8 Å². The van der Waals surface area contributed by atoms with E-state index in [9.17, 15) is 9.90 Å². The fraction of sp³-hybridized carbons (Fsp3) is 0.0714. The Balaban J connectivity index is 2.13. The molecule has 0 radical (unpaired) electrons. The molecule has 104 valence electrons. The summed E-state index contributed by atoms with van der Waals surface area (Å²) in [4.78, 5) is 12.0. The lowest BCUT2D eigenvalue weighted by molar-refractivity contribution is -0.115. The van der Waals surface area contributed by atoms with Crippen molar-refractivity contribution in [3.63, 3.8) is 0 Å². The maximum atomic E-state index is 12.0. The lowest BCUT2D eigenvalue weighted by Crippen LogP contribution is -2.15. The van der Waals surface area contributed by atoms with Gasteiger partial charge in [-0.3, -0.25) is 4.79 Å². The third kappa shape index (κ3) is 3.75. The van der Waals surface area contributed by atoms with E-state index in [1.165, 1.54) is 6.07 Å². The van der Waals surface area contributed by atoms with E-state index < -0.39 is 0 Å². The number of carbonyl (C=O) groups is 1. The number of rotatable bonds is 3. The Hall–Kier alpha value is -1.04. The van der Waals surface area contributed by atoms with Crippen molar-refractivity contribution < 1.29 is 9.90 Å². The zero-order chi connectivity index (χ0) is 14.7. The van der Waals surface area contributed by atoms with Crippen LogP contribution in [0.4, 0.5) is 5.69 Å². The smallest absolute Gasteiger partial charge is 0.228 e. The Morgan fingerprint density at radius 2 is 1.90 bits per heavy atom. The average Bonchev–Trinajstić information content (AvgIpc) is 2.39. The first-order chi connectivity index (χ1) is 9.47. The first-order valence-electron chi connectivity index (χ1n) is 5.68. The summed E-state index contributed by atoms with van der Waals surface area (Å²) in [6.45, 7) is 0. The van der Waals surface area contributed by atoms with Crippen molar-refractivity contribution >= 4 is 55.1 Å². The molecule has 20 heavy (non-hydrogen) atoms. The Morgan fingerprint density at radius 1 is 1.20 bits per heavy atom. The highest BCUT2D eigenvalue weighted by Gasteiger charge is 2.11. The highest BCUT2D eigenvalue weighted by atomic mass is 79.9. The number of hydrogen-bond acceptors (Lipinski definition) is 2. The van der Waals surface area contributed by atoms with Gasteiger partial charge in [0.15, 0.2) is 0 Å². The van der Waals surface area contributed by atoms with Crippen molar-refractivity contribution in [2.75, 3.05) is 5.32 Å². The summed E-state index contributed by atoms with van der Waals surface area (Å²) in [7, 11) is 0. The van der Waals surface area contributed by atoms with Crippen molar-refractivity contribution in [1.29, 1.82) is 0 Å². The second kappa shape index (κ2) is 6.61. The van der Waals surface area contributed by atoms with Crippen molar-refractivity contribution in [3.05, 3.63) is 55.9 Å². The van der Waals surface area contributed by atoms with Crippen LogP contribution in [0, 0.1) is 0 Å². The van der Waals surface area contributed by atoms with Crippen molar-refractivity contribution in [2.45, 2.75) is 6.42 Å². The molecule has 2 rings (SSSR count). The lowest BCUT2D eigenvalue weighted by atomic mass is 10.1. The molecule has 0 saturated heterocycles. The van der Waals surface area contributed by atoms with Crippen molar-refractivity contribution in [2.24, 2.45) is 0 Å². The number of carbonyl (C=O) groups excluding carboxylic acids is 1. The van der Waals surface area contributed by atoms with Gasteiger partial charge in [0.2, 0.25) is 5.91 Å². The van der Waals surface area contributed by atoms with Gasteiger partial charge in [0, 0.05) is 15.6 Å². The van der Waals surface area contributed by atoms with Crippen molar-refractivity contribution in [3.8, 4) is 5.75 Å². The molecule has 6 heteroatoms. The van der Waals surface area contributed by atoms with Gasteiger partial charge in [-0.15, -0.1) is 0 Å². The maximum Gasteiger partial charge on any atom is 0.228 e. The quantitative estimate of drug-likeness (QED) is 0.754. The lowest BCUT2D eigenvalue weighted by Gasteiger charge is -2.09. The van der Waals surface area contributed by atoms with Gasteiger partial charge in [0.05, 0.1) is 16.6 Å². The number of phenols is 1. The van der Waals surface area contributed by atoms with Crippen LogP contribution in [0.5, 0.6) is 5.75 Å². The van der Waals surface area contributed by atoms with E-state index in [0.29, 0.717) is 19.7 Å². The third-order valence-corrected chi connectivity index (χ3v) is 4.28. The average molecular weight is 420 g/mol. The van der Waals surface area contributed by atoms with Crippen LogP contribution >= 0.6 is 43.5 Å². The minimum atomic E-state index is -0.208. The highest BCUT2D eigenvalue weighted by Crippen LogP contribution is 2.33. The van der Waals surface area contributed by atoms with Gasteiger partial charge in [0.1, 0.15) is 5.75 Å². The summed E-state index contributed by atoms with van der Waals surface area (Å²) >= 11 is 12.5. The summed E-state index contributed by atoms with van der Waals surface area (Å²) in [6.07, 6.45) is 0.170. The molecule has 0 heterocycles. The molecule has 0 saturated carbocycles. The molecule has 3 nitrogen and oxygen atoms in total. The molecule has 0 atom stereocenters. The van der Waals surface area contributed by atoms with E-state index in [4.69, 9.17) is 11.6 Å². The first kappa shape index (κ1) is 15.4. The molecule has 2 aromatic carbocycles. The van der Waals surface area contributed by atoms with Crippen LogP contribution in [0.25, 0.3) is 0 Å². The number of halogens is 3. The molecule has 0 fully saturated rings. The number of phenolic OH excluding ortho intramolecular Hbond substituents is 1. The highest BCUT2D eigenvalue weighted by molar-refractivity contribution is 9.11. The number of benzene rings is 2. The number of nitrogens with one attached hydrogen (secondary N) is 1. The van der Waals surface area contributed by atoms with Crippen LogP contribution < -0.4 is 5.32 Å². The van der Waals surface area contributed by atoms with Crippen LogP contribution in [0.3, 0.4) is 0 Å². The van der Waals surface area contributed by atoms with Gasteiger partial charge >= 0.3 is 0 Å². The van der Waals surface area contributed by atoms with Crippen LogP contribution in [-0.4, -0.2) is 11.0 Å². The van der Waals surface area contributed by atoms with Gasteiger partial charge in [-0.2, -0.15) is 0 Å². The van der Waals surface area contributed by atoms with Crippen molar-refractivity contribution in [1.82, 2.24) is 0 Å². The summed E-state index contributed by atoms with van der Waals surface area (Å²) < 4.78 is 1.23. The molecule has 1 amide bonds. The largest absolute Gasteiger partial charge is 0.507 e. The fourth-order valence-electron chi connectivity index (χ4n) is 1.64. The fourth-order valence-corrected chi connectivity index (χ4v) is 2.94. The summed E-state index contributed by atoms with van der Waals surface area (Å²) in [6, 6.07) is 10.3. The molecule has 0 spiro atoms. The molecule has 0 aliphatic heterocycles. The van der Waals surface area contributed by atoms with E-state index in [1.807, 2.05) is 12.1 Å². The number of amides is 1. The molecule has 2 N–H and O–H groups in total. The summed E-state index contributed by atoms with van der Waals surface area (Å²) in [5, 5.41) is 12.9. The SMILES string of the molecule is O=C(Cc1ccccc1Cl)Nc1cc(O)c(Br)cc1Br. The van der Waals surface area contributed by atoms with Gasteiger partial charge < -0.3 is 10.4 Å². The first-order valence-corrected chi connectivity index (χ1v) is 7.65. The molecular weight excluding hydrogens is 409 g/mol. The molecule has 2 aromatic rings. The van der Waals surface area contributed by atoms with E-state index in [1.54, 1.807) is 18.2 Å². The molecule has 0 aromatic heterocycles. The molecule has 0 unspecified atom stereocenters. The van der Waals surface area contributed by atoms with Gasteiger partial charge in [-0.25, -0.2) is 0 Å². The summed E-state index contributed by atoms with van der Waals surface area (Å²) in [5.74, 6) is -0.151. The van der Waals surface area contributed by atoms with Crippen LogP contribution in [0.1, 0.15) is 5.56 Å². The number of hydrogen-bond donors (Lipinski definition) is 2. The minimum absolute atomic E-state index is 0.0567. The zero-order valence-corrected chi connectivity index (χ0v) is 14.1. The van der Waals surface area contributed by atoms with E-state index >= 15 is 0 Å². The Labute approximate surface area is 138 Å². The Kier molecular flexibility index (Phi) is 5.07. The number of aromatic hydroxyl groups is 1. The Morgan fingerprint density at radius 3 is 2.60 bits per heavy atom. The minimum Gasteiger partial charge on any atom is -0.507 e. The molecular formula is C14H10Br2ClNO2. The zero-order valence-electron chi connectivity index (χ0n) is 10.2. The normalized spacial score (nSPS) is 10.3. The van der Waals surface area contributed by atoms with Crippen LogP contribution in [-0.2, 0) is 11.2 Å². The molecule has 0 aliphatic rings. The van der Waals surface area contributed by atoms with Crippen LogP contribution in [0.15, 0.2) is 45.3 Å².